The Morgan fingerprint density at radius 3 is 2.97 bits per heavy atom. The van der Waals surface area contributed by atoms with Crippen LogP contribution in [0, 0.1) is 6.92 Å². The summed E-state index contributed by atoms with van der Waals surface area (Å²) in [5, 5.41) is 12.2. The highest BCUT2D eigenvalue weighted by Crippen LogP contribution is 2.25. The molecule has 1 aliphatic rings. The maximum absolute atomic E-state index is 12.8. The van der Waals surface area contributed by atoms with Crippen LogP contribution in [0.3, 0.4) is 0 Å². The summed E-state index contributed by atoms with van der Waals surface area (Å²) in [7, 11) is 0. The number of aromatic nitrogens is 5. The van der Waals surface area contributed by atoms with E-state index in [1.165, 1.54) is 0 Å². The highest BCUT2D eigenvalue weighted by Gasteiger charge is 2.19. The number of benzene rings is 1. The number of fused-ring (bicyclic) bond motifs is 3. The van der Waals surface area contributed by atoms with Gasteiger partial charge in [-0.1, -0.05) is 0 Å². The molecule has 1 aliphatic heterocycles. The van der Waals surface area contributed by atoms with Crippen molar-refractivity contribution in [3.8, 4) is 0 Å². The monoisotopic (exact) mass is 388 g/mol. The van der Waals surface area contributed by atoms with Gasteiger partial charge in [-0.2, -0.15) is 0 Å². The maximum atomic E-state index is 12.8. The number of imidazole rings is 1. The third kappa shape index (κ3) is 3.42. The summed E-state index contributed by atoms with van der Waals surface area (Å²) in [6.07, 6.45) is 5.71. The van der Waals surface area contributed by atoms with Crippen LogP contribution in [0.5, 0.6) is 0 Å². The molecule has 1 fully saturated rings. The Morgan fingerprint density at radius 2 is 2.17 bits per heavy atom. The maximum Gasteiger partial charge on any atom is 0.255 e. The number of nitrogens with one attached hydrogen (secondary N) is 1. The van der Waals surface area contributed by atoms with Gasteiger partial charge >= 0.3 is 0 Å². The minimum atomic E-state index is -0.201. The van der Waals surface area contributed by atoms with Crippen molar-refractivity contribution >= 4 is 33.7 Å². The second-order valence-corrected chi connectivity index (χ2v) is 7.28. The fourth-order valence-electron chi connectivity index (χ4n) is 3.67. The van der Waals surface area contributed by atoms with Crippen LogP contribution in [-0.2, 0) is 11.3 Å². The Balaban J connectivity index is 1.52. The zero-order chi connectivity index (χ0) is 19.8. The van der Waals surface area contributed by atoms with E-state index in [-0.39, 0.29) is 12.0 Å². The first-order valence-corrected chi connectivity index (χ1v) is 9.64. The Labute approximate surface area is 166 Å². The summed E-state index contributed by atoms with van der Waals surface area (Å²) < 4.78 is 7.82. The van der Waals surface area contributed by atoms with Gasteiger partial charge in [0.1, 0.15) is 0 Å². The smallest absolute Gasteiger partial charge is 0.255 e. The van der Waals surface area contributed by atoms with Gasteiger partial charge in [0.05, 0.1) is 41.9 Å². The number of hydrogen-bond donors (Lipinski definition) is 1. The Kier molecular flexibility index (Phi) is 4.40. The molecule has 1 N–H and O–H groups in total. The molecular formula is C21H20N6O2. The lowest BCUT2D eigenvalue weighted by Gasteiger charge is -2.12. The molecule has 0 spiro atoms. The van der Waals surface area contributed by atoms with Crippen LogP contribution in [-0.4, -0.2) is 43.4 Å². The van der Waals surface area contributed by atoms with E-state index in [2.05, 4.69) is 25.5 Å². The zero-order valence-corrected chi connectivity index (χ0v) is 16.0. The van der Waals surface area contributed by atoms with Crippen molar-refractivity contribution in [1.29, 1.82) is 0 Å². The first-order valence-electron chi connectivity index (χ1n) is 9.64. The third-order valence-corrected chi connectivity index (χ3v) is 5.18. The molecule has 8 heteroatoms. The van der Waals surface area contributed by atoms with Gasteiger partial charge in [-0.3, -0.25) is 9.78 Å². The SMILES string of the molecule is Cc1ccc(NC(=O)c2ccc3nnc4ncn(CC5CCCO5)c4c3c2)cn1. The standard InChI is InChI=1S/C21H20N6O2/c1-13-4-6-15(10-22-13)24-21(28)14-5-7-18-17(9-14)19-20(26-25-18)23-12-27(19)11-16-3-2-8-29-16/h4-7,9-10,12,16H,2-3,8,11H2,1H3,(H,24,28). The van der Waals surface area contributed by atoms with Crippen molar-refractivity contribution in [3.05, 3.63) is 54.1 Å². The van der Waals surface area contributed by atoms with E-state index in [0.29, 0.717) is 23.4 Å². The molecule has 0 saturated carbocycles. The number of aryl methyl sites for hydroxylation is 1. The lowest BCUT2D eigenvalue weighted by Crippen LogP contribution is -2.14. The Bertz CT molecular complexity index is 1200. The third-order valence-electron chi connectivity index (χ3n) is 5.18. The van der Waals surface area contributed by atoms with Gasteiger partial charge < -0.3 is 14.6 Å². The summed E-state index contributed by atoms with van der Waals surface area (Å²) in [5.74, 6) is -0.201. The molecule has 29 heavy (non-hydrogen) atoms. The number of hydrogen-bond acceptors (Lipinski definition) is 6. The molecular weight excluding hydrogens is 368 g/mol. The van der Waals surface area contributed by atoms with Gasteiger partial charge in [0.15, 0.2) is 0 Å². The van der Waals surface area contributed by atoms with Crippen LogP contribution >= 0.6 is 0 Å². The molecule has 1 atom stereocenters. The van der Waals surface area contributed by atoms with Gasteiger partial charge in [0, 0.05) is 23.3 Å². The van der Waals surface area contributed by atoms with E-state index in [1.54, 1.807) is 18.6 Å². The van der Waals surface area contributed by atoms with E-state index in [0.717, 1.165) is 41.6 Å². The Hall–Kier alpha value is -3.39. The predicted molar refractivity (Wildman–Crippen MR) is 109 cm³/mol. The lowest BCUT2D eigenvalue weighted by molar-refractivity contribution is 0.0979. The van der Waals surface area contributed by atoms with Crippen LogP contribution < -0.4 is 5.32 Å². The average Bonchev–Trinajstić information content (AvgIpc) is 3.40. The van der Waals surface area contributed by atoms with Crippen molar-refractivity contribution in [1.82, 2.24) is 24.7 Å². The number of nitrogens with zero attached hydrogens (tertiary/aromatic N) is 5. The van der Waals surface area contributed by atoms with Crippen molar-refractivity contribution in [2.75, 3.05) is 11.9 Å². The summed E-state index contributed by atoms with van der Waals surface area (Å²) >= 11 is 0. The second kappa shape index (κ2) is 7.21. The summed E-state index contributed by atoms with van der Waals surface area (Å²) in [6, 6.07) is 9.10. The molecule has 5 rings (SSSR count). The van der Waals surface area contributed by atoms with E-state index in [9.17, 15) is 4.79 Å². The van der Waals surface area contributed by atoms with Crippen LogP contribution in [0.15, 0.2) is 42.9 Å². The van der Waals surface area contributed by atoms with E-state index in [1.807, 2.05) is 35.8 Å². The molecule has 1 aromatic carbocycles. The molecule has 3 aromatic heterocycles. The van der Waals surface area contributed by atoms with Crippen molar-refractivity contribution in [2.24, 2.45) is 0 Å². The quantitative estimate of drug-likeness (QED) is 0.577. The molecule has 0 aliphatic carbocycles. The number of ether oxygens (including phenoxy) is 1. The molecule has 4 aromatic rings. The summed E-state index contributed by atoms with van der Waals surface area (Å²) in [4.78, 5) is 21.4. The van der Waals surface area contributed by atoms with E-state index < -0.39 is 0 Å². The first kappa shape index (κ1) is 17.7. The van der Waals surface area contributed by atoms with Crippen LogP contribution in [0.25, 0.3) is 22.1 Å². The zero-order valence-electron chi connectivity index (χ0n) is 16.0. The van der Waals surface area contributed by atoms with Gasteiger partial charge in [0.25, 0.3) is 5.91 Å². The largest absolute Gasteiger partial charge is 0.376 e. The highest BCUT2D eigenvalue weighted by molar-refractivity contribution is 6.09. The number of carbonyl (C=O) groups is 1. The molecule has 146 valence electrons. The second-order valence-electron chi connectivity index (χ2n) is 7.28. The molecule has 1 saturated heterocycles. The van der Waals surface area contributed by atoms with Gasteiger partial charge in [-0.05, 0) is 50.1 Å². The predicted octanol–water partition coefficient (Wildman–Crippen LogP) is 3.11. The van der Waals surface area contributed by atoms with Crippen LogP contribution in [0.2, 0.25) is 0 Å². The Morgan fingerprint density at radius 1 is 1.24 bits per heavy atom. The number of carbonyl (C=O) groups excluding carboxylic acids is 1. The minimum absolute atomic E-state index is 0.177. The van der Waals surface area contributed by atoms with Gasteiger partial charge in [0.2, 0.25) is 5.65 Å². The molecule has 0 bridgehead atoms. The number of anilines is 1. The van der Waals surface area contributed by atoms with Crippen molar-refractivity contribution in [3.63, 3.8) is 0 Å². The first-order chi connectivity index (χ1) is 14.2. The van der Waals surface area contributed by atoms with Crippen LogP contribution in [0.4, 0.5) is 5.69 Å². The number of rotatable bonds is 4. The lowest BCUT2D eigenvalue weighted by atomic mass is 10.1. The van der Waals surface area contributed by atoms with Gasteiger partial charge in [-0.15, -0.1) is 10.2 Å². The molecule has 0 radical (unpaired) electrons. The molecule has 1 amide bonds. The normalized spacial score (nSPS) is 16.5. The van der Waals surface area contributed by atoms with E-state index in [4.69, 9.17) is 4.74 Å². The minimum Gasteiger partial charge on any atom is -0.376 e. The topological polar surface area (TPSA) is 94.8 Å². The van der Waals surface area contributed by atoms with Crippen LogP contribution in [0.1, 0.15) is 28.9 Å². The average molecular weight is 388 g/mol. The number of amides is 1. The molecule has 8 nitrogen and oxygen atoms in total. The molecule has 1 unspecified atom stereocenters. The fourth-order valence-corrected chi connectivity index (χ4v) is 3.67. The highest BCUT2D eigenvalue weighted by atomic mass is 16.5. The van der Waals surface area contributed by atoms with Gasteiger partial charge in [-0.25, -0.2) is 4.98 Å². The number of pyridine rings is 1. The summed E-state index contributed by atoms with van der Waals surface area (Å²) in [5.41, 5.74) is 4.25. The molecule has 4 heterocycles. The fraction of sp³-hybridized carbons (Fsp3) is 0.286. The summed E-state index contributed by atoms with van der Waals surface area (Å²) in [6.45, 7) is 3.42. The van der Waals surface area contributed by atoms with Crippen molar-refractivity contribution < 1.29 is 9.53 Å². The van der Waals surface area contributed by atoms with E-state index >= 15 is 0 Å². The van der Waals surface area contributed by atoms with Crippen molar-refractivity contribution in [2.45, 2.75) is 32.4 Å².